The number of nitrogens with two attached hydrogens (primary N) is 1. The molecular formula is C10H14BrNO3. The van der Waals surface area contributed by atoms with Gasteiger partial charge in [0, 0.05) is 11.6 Å². The zero-order valence-electron chi connectivity index (χ0n) is 8.91. The van der Waals surface area contributed by atoms with Gasteiger partial charge in [0.15, 0.2) is 11.5 Å². The van der Waals surface area contributed by atoms with Gasteiger partial charge in [-0.25, -0.2) is 0 Å². The van der Waals surface area contributed by atoms with Crippen molar-refractivity contribution < 1.29 is 14.2 Å². The van der Waals surface area contributed by atoms with E-state index in [4.69, 9.17) is 19.9 Å². The van der Waals surface area contributed by atoms with Crippen LogP contribution in [0.2, 0.25) is 0 Å². The van der Waals surface area contributed by atoms with Crippen LogP contribution in [0.25, 0.3) is 0 Å². The Morgan fingerprint density at radius 3 is 1.87 bits per heavy atom. The van der Waals surface area contributed by atoms with Crippen molar-refractivity contribution in [2.45, 2.75) is 4.95 Å². The molecule has 0 aliphatic carbocycles. The second-order valence-corrected chi connectivity index (χ2v) is 3.84. The molecule has 0 saturated carbocycles. The largest absolute Gasteiger partial charge is 0.496 e. The molecule has 0 bridgehead atoms. The second kappa shape index (κ2) is 5.23. The molecule has 1 rings (SSSR count). The van der Waals surface area contributed by atoms with E-state index in [1.807, 2.05) is 0 Å². The maximum atomic E-state index is 5.75. The van der Waals surface area contributed by atoms with Gasteiger partial charge in [-0.1, -0.05) is 15.9 Å². The van der Waals surface area contributed by atoms with Crippen LogP contribution in [0.15, 0.2) is 12.1 Å². The van der Waals surface area contributed by atoms with Crippen LogP contribution in [0.4, 0.5) is 0 Å². The van der Waals surface area contributed by atoms with Gasteiger partial charge in [-0.05, 0) is 6.07 Å². The predicted molar refractivity (Wildman–Crippen MR) is 62.0 cm³/mol. The lowest BCUT2D eigenvalue weighted by Gasteiger charge is -2.15. The number of hydrogen-bond donors (Lipinski definition) is 1. The summed E-state index contributed by atoms with van der Waals surface area (Å²) in [4.78, 5) is -0.299. The molecule has 1 unspecified atom stereocenters. The van der Waals surface area contributed by atoms with Gasteiger partial charge in [0.05, 0.1) is 26.3 Å². The van der Waals surface area contributed by atoms with E-state index in [1.165, 1.54) is 0 Å². The zero-order valence-corrected chi connectivity index (χ0v) is 10.5. The van der Waals surface area contributed by atoms with Gasteiger partial charge in [0.1, 0.15) is 5.75 Å². The van der Waals surface area contributed by atoms with Crippen molar-refractivity contribution in [2.24, 2.45) is 5.73 Å². The first-order valence-electron chi connectivity index (χ1n) is 4.33. The summed E-state index contributed by atoms with van der Waals surface area (Å²) in [6.45, 7) is 0. The first kappa shape index (κ1) is 12.1. The summed E-state index contributed by atoms with van der Waals surface area (Å²) < 4.78 is 15.5. The number of hydrogen-bond acceptors (Lipinski definition) is 4. The molecule has 15 heavy (non-hydrogen) atoms. The Morgan fingerprint density at radius 1 is 1.00 bits per heavy atom. The summed E-state index contributed by atoms with van der Waals surface area (Å²) >= 11 is 3.29. The third kappa shape index (κ3) is 2.54. The second-order valence-electron chi connectivity index (χ2n) is 2.85. The van der Waals surface area contributed by atoms with E-state index >= 15 is 0 Å². The Hall–Kier alpha value is -0.940. The van der Waals surface area contributed by atoms with Crippen LogP contribution in [-0.4, -0.2) is 21.3 Å². The Balaban J connectivity index is 3.27. The number of ether oxygens (including phenoxy) is 3. The average molecular weight is 276 g/mol. The minimum atomic E-state index is -0.299. The number of rotatable bonds is 4. The molecule has 5 heteroatoms. The Labute approximate surface area is 97.4 Å². The van der Waals surface area contributed by atoms with Crippen LogP contribution < -0.4 is 19.9 Å². The van der Waals surface area contributed by atoms with E-state index in [2.05, 4.69) is 15.9 Å². The highest BCUT2D eigenvalue weighted by Crippen LogP contribution is 2.38. The molecule has 0 heterocycles. The third-order valence-electron chi connectivity index (χ3n) is 2.03. The van der Waals surface area contributed by atoms with E-state index < -0.39 is 0 Å². The van der Waals surface area contributed by atoms with Gasteiger partial charge in [0.25, 0.3) is 0 Å². The molecule has 1 atom stereocenters. The molecule has 0 amide bonds. The first-order chi connectivity index (χ1) is 7.13. The Bertz CT molecular complexity index is 342. The third-order valence-corrected chi connectivity index (χ3v) is 2.53. The van der Waals surface area contributed by atoms with E-state index in [0.717, 1.165) is 5.56 Å². The molecule has 0 radical (unpaired) electrons. The lowest BCUT2D eigenvalue weighted by Crippen LogP contribution is -2.05. The van der Waals surface area contributed by atoms with Crippen molar-refractivity contribution in [3.8, 4) is 17.2 Å². The summed E-state index contributed by atoms with van der Waals surface area (Å²) in [5, 5.41) is 0. The van der Waals surface area contributed by atoms with Crippen molar-refractivity contribution in [1.82, 2.24) is 0 Å². The number of halogens is 1. The number of alkyl halides is 1. The molecule has 84 valence electrons. The highest BCUT2D eigenvalue weighted by molar-refractivity contribution is 9.09. The smallest absolute Gasteiger partial charge is 0.164 e. The van der Waals surface area contributed by atoms with Gasteiger partial charge >= 0.3 is 0 Å². The molecule has 4 nitrogen and oxygen atoms in total. The summed E-state index contributed by atoms with van der Waals surface area (Å²) in [7, 11) is 4.74. The number of benzene rings is 1. The molecule has 0 spiro atoms. The minimum absolute atomic E-state index is 0.299. The SMILES string of the molecule is COc1cc(OC)c(C(N)Br)cc1OC. The summed E-state index contributed by atoms with van der Waals surface area (Å²) in [5.74, 6) is 1.91. The fraction of sp³-hybridized carbons (Fsp3) is 0.400. The number of methoxy groups -OCH3 is 3. The predicted octanol–water partition coefficient (Wildman–Crippen LogP) is 2.06. The monoisotopic (exact) mass is 275 g/mol. The zero-order chi connectivity index (χ0) is 11.4. The molecule has 0 fully saturated rings. The van der Waals surface area contributed by atoms with E-state index in [1.54, 1.807) is 33.5 Å². The van der Waals surface area contributed by atoms with Crippen molar-refractivity contribution >= 4 is 15.9 Å². The lowest BCUT2D eigenvalue weighted by atomic mass is 10.1. The summed E-state index contributed by atoms with van der Waals surface area (Å²) in [6, 6.07) is 3.53. The Kier molecular flexibility index (Phi) is 4.23. The molecule has 0 aliphatic heterocycles. The molecule has 2 N–H and O–H groups in total. The molecule has 0 saturated heterocycles. The van der Waals surface area contributed by atoms with Gasteiger partial charge < -0.3 is 19.9 Å². The maximum absolute atomic E-state index is 5.75. The normalized spacial score (nSPS) is 12.1. The highest BCUT2D eigenvalue weighted by atomic mass is 79.9. The van der Waals surface area contributed by atoms with Crippen LogP contribution in [0, 0.1) is 0 Å². The standard InChI is InChI=1S/C10H14BrNO3/c1-13-7-5-9(15-3)8(14-2)4-6(7)10(11)12/h4-5,10H,12H2,1-3H3. The van der Waals surface area contributed by atoms with E-state index in [-0.39, 0.29) is 4.95 Å². The first-order valence-corrected chi connectivity index (χ1v) is 5.25. The van der Waals surface area contributed by atoms with Crippen LogP contribution in [0.1, 0.15) is 10.5 Å². The van der Waals surface area contributed by atoms with Crippen molar-refractivity contribution in [3.63, 3.8) is 0 Å². The summed E-state index contributed by atoms with van der Waals surface area (Å²) in [5.41, 5.74) is 6.56. The van der Waals surface area contributed by atoms with Crippen molar-refractivity contribution in [2.75, 3.05) is 21.3 Å². The van der Waals surface area contributed by atoms with Crippen LogP contribution in [0.5, 0.6) is 17.2 Å². The fourth-order valence-electron chi connectivity index (χ4n) is 1.27. The van der Waals surface area contributed by atoms with Crippen molar-refractivity contribution in [3.05, 3.63) is 17.7 Å². The van der Waals surface area contributed by atoms with E-state index in [9.17, 15) is 0 Å². The van der Waals surface area contributed by atoms with Crippen LogP contribution in [-0.2, 0) is 0 Å². The average Bonchev–Trinajstić information content (AvgIpc) is 2.26. The van der Waals surface area contributed by atoms with Crippen LogP contribution in [0.3, 0.4) is 0 Å². The molecule has 0 aliphatic rings. The van der Waals surface area contributed by atoms with Gasteiger partial charge in [0.2, 0.25) is 0 Å². The Morgan fingerprint density at radius 2 is 1.47 bits per heavy atom. The van der Waals surface area contributed by atoms with Gasteiger partial charge in [-0.15, -0.1) is 0 Å². The minimum Gasteiger partial charge on any atom is -0.496 e. The lowest BCUT2D eigenvalue weighted by molar-refractivity contribution is 0.347. The molecule has 0 aromatic heterocycles. The fourth-order valence-corrected chi connectivity index (χ4v) is 1.63. The van der Waals surface area contributed by atoms with Gasteiger partial charge in [-0.2, -0.15) is 0 Å². The molecule has 1 aromatic rings. The van der Waals surface area contributed by atoms with E-state index in [0.29, 0.717) is 17.2 Å². The highest BCUT2D eigenvalue weighted by Gasteiger charge is 2.14. The van der Waals surface area contributed by atoms with Crippen molar-refractivity contribution in [1.29, 1.82) is 0 Å². The topological polar surface area (TPSA) is 53.7 Å². The molecule has 1 aromatic carbocycles. The maximum Gasteiger partial charge on any atom is 0.164 e. The van der Waals surface area contributed by atoms with Gasteiger partial charge in [-0.3, -0.25) is 0 Å². The van der Waals surface area contributed by atoms with Crippen LogP contribution >= 0.6 is 15.9 Å². The quantitative estimate of drug-likeness (QED) is 0.675. The summed E-state index contributed by atoms with van der Waals surface area (Å²) in [6.07, 6.45) is 0. The molecular weight excluding hydrogens is 262 g/mol.